The maximum atomic E-state index is 11.5. The van der Waals surface area contributed by atoms with Gasteiger partial charge >= 0.3 is 11.9 Å². The van der Waals surface area contributed by atoms with E-state index in [1.165, 1.54) is 27.0 Å². The van der Waals surface area contributed by atoms with Crippen LogP contribution in [-0.4, -0.2) is 43.6 Å². The van der Waals surface area contributed by atoms with E-state index >= 15 is 0 Å². The zero-order valence-electron chi connectivity index (χ0n) is 10.8. The lowest BCUT2D eigenvalue weighted by Gasteiger charge is -2.17. The molecule has 102 valence electrons. The van der Waals surface area contributed by atoms with Gasteiger partial charge in [0.2, 0.25) is 0 Å². The molecule has 0 aliphatic rings. The Morgan fingerprint density at radius 1 is 1.28 bits per heavy atom. The summed E-state index contributed by atoms with van der Waals surface area (Å²) in [4.78, 5) is 33.8. The predicted octanol–water partition coefficient (Wildman–Crippen LogP) is 0.641. The standard InChI is InChI=1S/C12H18O6/c1-5-6-10(8(2)13)18-12(15)9(3)17-11(14)7-16-4/h5,9-10H,1,6-7H2,2-4H3. The molecular weight excluding hydrogens is 240 g/mol. The molecule has 2 atom stereocenters. The second-order valence-electron chi connectivity index (χ2n) is 3.63. The first-order valence-corrected chi connectivity index (χ1v) is 5.42. The second kappa shape index (κ2) is 8.41. The number of carbonyl (C=O) groups excluding carboxylic acids is 3. The van der Waals surface area contributed by atoms with Gasteiger partial charge in [-0.15, -0.1) is 6.58 Å². The SMILES string of the molecule is C=CCC(OC(=O)C(C)OC(=O)COC)C(C)=O. The molecule has 6 heteroatoms. The van der Waals surface area contributed by atoms with Gasteiger partial charge in [0.1, 0.15) is 6.61 Å². The van der Waals surface area contributed by atoms with E-state index in [2.05, 4.69) is 11.3 Å². The minimum atomic E-state index is -1.08. The molecule has 6 nitrogen and oxygen atoms in total. The third kappa shape index (κ3) is 6.15. The summed E-state index contributed by atoms with van der Waals surface area (Å²) in [7, 11) is 1.33. The summed E-state index contributed by atoms with van der Waals surface area (Å²) < 4.78 is 14.2. The number of rotatable bonds is 8. The van der Waals surface area contributed by atoms with Crippen LogP contribution in [-0.2, 0) is 28.6 Å². The fourth-order valence-corrected chi connectivity index (χ4v) is 1.08. The zero-order valence-corrected chi connectivity index (χ0v) is 10.8. The van der Waals surface area contributed by atoms with Gasteiger partial charge in [0, 0.05) is 13.5 Å². The number of hydrogen-bond donors (Lipinski definition) is 0. The summed E-state index contributed by atoms with van der Waals surface area (Å²) in [6, 6.07) is 0. The number of methoxy groups -OCH3 is 1. The van der Waals surface area contributed by atoms with Crippen LogP contribution in [0.2, 0.25) is 0 Å². The summed E-state index contributed by atoms with van der Waals surface area (Å²) in [6.07, 6.45) is -0.279. The van der Waals surface area contributed by atoms with E-state index in [1.807, 2.05) is 0 Å². The number of hydrogen-bond acceptors (Lipinski definition) is 6. The highest BCUT2D eigenvalue weighted by Crippen LogP contribution is 2.05. The van der Waals surface area contributed by atoms with Crippen molar-refractivity contribution in [2.45, 2.75) is 32.5 Å². The first kappa shape index (κ1) is 16.3. The molecule has 0 radical (unpaired) electrons. The quantitative estimate of drug-likeness (QED) is 0.469. The Balaban J connectivity index is 4.32. The molecule has 0 aliphatic carbocycles. The van der Waals surface area contributed by atoms with Crippen LogP contribution in [0.4, 0.5) is 0 Å². The molecule has 0 bridgehead atoms. The lowest BCUT2D eigenvalue weighted by molar-refractivity contribution is -0.173. The van der Waals surface area contributed by atoms with E-state index in [4.69, 9.17) is 9.47 Å². The molecule has 0 N–H and O–H groups in total. The van der Waals surface area contributed by atoms with Gasteiger partial charge in [-0.05, 0) is 13.8 Å². The average Bonchev–Trinajstić information content (AvgIpc) is 2.28. The summed E-state index contributed by atoms with van der Waals surface area (Å²) in [5.74, 6) is -1.75. The van der Waals surface area contributed by atoms with Gasteiger partial charge < -0.3 is 14.2 Å². The van der Waals surface area contributed by atoms with Gasteiger partial charge in [0.15, 0.2) is 18.0 Å². The lowest BCUT2D eigenvalue weighted by Crippen LogP contribution is -2.33. The Morgan fingerprint density at radius 3 is 2.33 bits per heavy atom. The molecule has 0 heterocycles. The fraction of sp³-hybridized carbons (Fsp3) is 0.583. The van der Waals surface area contributed by atoms with Crippen LogP contribution in [0.3, 0.4) is 0 Å². The fourth-order valence-electron chi connectivity index (χ4n) is 1.08. The molecule has 0 aromatic carbocycles. The van der Waals surface area contributed by atoms with E-state index in [1.54, 1.807) is 0 Å². The van der Waals surface area contributed by atoms with Gasteiger partial charge in [-0.25, -0.2) is 9.59 Å². The molecule has 0 rings (SSSR count). The van der Waals surface area contributed by atoms with Crippen molar-refractivity contribution in [2.75, 3.05) is 13.7 Å². The minimum absolute atomic E-state index is 0.222. The zero-order chi connectivity index (χ0) is 14.1. The third-order valence-corrected chi connectivity index (χ3v) is 1.99. The summed E-state index contributed by atoms with van der Waals surface area (Å²) in [5.41, 5.74) is 0. The number of ketones is 1. The van der Waals surface area contributed by atoms with Gasteiger partial charge in [0.25, 0.3) is 0 Å². The Bertz CT molecular complexity index is 323. The van der Waals surface area contributed by atoms with Crippen molar-refractivity contribution in [1.29, 1.82) is 0 Å². The highest BCUT2D eigenvalue weighted by atomic mass is 16.6. The molecule has 0 aromatic rings. The highest BCUT2D eigenvalue weighted by Gasteiger charge is 2.24. The van der Waals surface area contributed by atoms with Crippen LogP contribution in [0, 0.1) is 0 Å². The molecule has 0 aliphatic heterocycles. The molecule has 0 aromatic heterocycles. The molecule has 0 saturated carbocycles. The van der Waals surface area contributed by atoms with Crippen molar-refractivity contribution in [3.8, 4) is 0 Å². The third-order valence-electron chi connectivity index (χ3n) is 1.99. The molecule has 2 unspecified atom stereocenters. The van der Waals surface area contributed by atoms with Crippen molar-refractivity contribution in [3.63, 3.8) is 0 Å². The largest absolute Gasteiger partial charge is 0.451 e. The highest BCUT2D eigenvalue weighted by molar-refractivity contribution is 5.85. The Hall–Kier alpha value is -1.69. The van der Waals surface area contributed by atoms with Crippen LogP contribution in [0.5, 0.6) is 0 Å². The van der Waals surface area contributed by atoms with Crippen LogP contribution >= 0.6 is 0 Å². The average molecular weight is 258 g/mol. The Morgan fingerprint density at radius 2 is 1.89 bits per heavy atom. The van der Waals surface area contributed by atoms with E-state index in [0.29, 0.717) is 0 Å². The molecule has 0 spiro atoms. The Kier molecular flexibility index (Phi) is 7.62. The van der Waals surface area contributed by atoms with Crippen LogP contribution in [0.25, 0.3) is 0 Å². The van der Waals surface area contributed by atoms with E-state index in [-0.39, 0.29) is 18.8 Å². The maximum absolute atomic E-state index is 11.5. The van der Waals surface area contributed by atoms with Gasteiger partial charge in [0.05, 0.1) is 0 Å². The summed E-state index contributed by atoms with van der Waals surface area (Å²) >= 11 is 0. The van der Waals surface area contributed by atoms with Gasteiger partial charge in [-0.1, -0.05) is 6.08 Å². The monoisotopic (exact) mass is 258 g/mol. The topological polar surface area (TPSA) is 78.9 Å². The van der Waals surface area contributed by atoms with E-state index in [0.717, 1.165) is 0 Å². The van der Waals surface area contributed by atoms with Crippen molar-refractivity contribution in [3.05, 3.63) is 12.7 Å². The van der Waals surface area contributed by atoms with E-state index < -0.39 is 24.1 Å². The summed E-state index contributed by atoms with van der Waals surface area (Å²) in [5, 5.41) is 0. The molecule has 18 heavy (non-hydrogen) atoms. The second-order valence-corrected chi connectivity index (χ2v) is 3.63. The normalized spacial score (nSPS) is 13.3. The van der Waals surface area contributed by atoms with Gasteiger partial charge in [-0.2, -0.15) is 0 Å². The van der Waals surface area contributed by atoms with Crippen LogP contribution < -0.4 is 0 Å². The van der Waals surface area contributed by atoms with Crippen LogP contribution in [0.15, 0.2) is 12.7 Å². The number of Topliss-reactive ketones (excluding diaryl/α,β-unsaturated/α-hetero) is 1. The Labute approximate surface area is 106 Å². The van der Waals surface area contributed by atoms with Crippen molar-refractivity contribution >= 4 is 17.7 Å². The van der Waals surface area contributed by atoms with Crippen LogP contribution in [0.1, 0.15) is 20.3 Å². The number of ether oxygens (including phenoxy) is 3. The minimum Gasteiger partial charge on any atom is -0.451 e. The molecular formula is C12H18O6. The molecule has 0 fully saturated rings. The predicted molar refractivity (Wildman–Crippen MR) is 62.8 cm³/mol. The first-order chi connectivity index (χ1) is 8.42. The van der Waals surface area contributed by atoms with Crippen molar-refractivity contribution < 1.29 is 28.6 Å². The molecule has 0 saturated heterocycles. The maximum Gasteiger partial charge on any atom is 0.347 e. The number of carbonyl (C=O) groups is 3. The lowest BCUT2D eigenvalue weighted by atomic mass is 10.2. The first-order valence-electron chi connectivity index (χ1n) is 5.42. The van der Waals surface area contributed by atoms with E-state index in [9.17, 15) is 14.4 Å². The van der Waals surface area contributed by atoms with Gasteiger partial charge in [-0.3, -0.25) is 4.79 Å². The summed E-state index contributed by atoms with van der Waals surface area (Å²) in [6.45, 7) is 5.88. The van der Waals surface area contributed by atoms with Crippen molar-refractivity contribution in [1.82, 2.24) is 0 Å². The van der Waals surface area contributed by atoms with Crippen molar-refractivity contribution in [2.24, 2.45) is 0 Å². The molecule has 0 amide bonds. The smallest absolute Gasteiger partial charge is 0.347 e. The number of esters is 2.